The summed E-state index contributed by atoms with van der Waals surface area (Å²) in [5.74, 6) is 2.09. The van der Waals surface area contributed by atoms with Crippen LogP contribution in [0.5, 0.6) is 0 Å². The van der Waals surface area contributed by atoms with Crippen molar-refractivity contribution in [2.75, 3.05) is 51.8 Å². The fourth-order valence-corrected chi connectivity index (χ4v) is 3.40. The highest BCUT2D eigenvalue weighted by Gasteiger charge is 2.22. The molecule has 0 aromatic rings. The number of carbonyl (C=O) groups excluding carboxylic acids is 1. The Balaban J connectivity index is 1.99. The van der Waals surface area contributed by atoms with E-state index in [2.05, 4.69) is 26.8 Å². The van der Waals surface area contributed by atoms with Crippen LogP contribution in [0.1, 0.15) is 38.5 Å². The summed E-state index contributed by atoms with van der Waals surface area (Å²) in [7, 11) is 1.82. The zero-order valence-electron chi connectivity index (χ0n) is 15.4. The van der Waals surface area contributed by atoms with Gasteiger partial charge in [0.2, 0.25) is 5.91 Å². The molecule has 0 aliphatic carbocycles. The van der Waals surface area contributed by atoms with Crippen molar-refractivity contribution in [3.8, 4) is 0 Å². The lowest BCUT2D eigenvalue weighted by molar-refractivity contribution is -0.123. The molecule has 1 rings (SSSR count). The van der Waals surface area contributed by atoms with Crippen LogP contribution >= 0.6 is 11.8 Å². The number of amides is 1. The van der Waals surface area contributed by atoms with Crippen LogP contribution in [0.4, 0.5) is 0 Å². The molecule has 0 aromatic carbocycles. The van der Waals surface area contributed by atoms with Gasteiger partial charge in [-0.2, -0.15) is 11.8 Å². The second kappa shape index (κ2) is 13.4. The van der Waals surface area contributed by atoms with Crippen molar-refractivity contribution in [2.24, 2.45) is 16.6 Å². The third-order valence-corrected chi connectivity index (χ3v) is 5.17. The van der Waals surface area contributed by atoms with Gasteiger partial charge >= 0.3 is 0 Å². The highest BCUT2D eigenvalue weighted by Crippen LogP contribution is 2.16. The number of likely N-dealkylation sites (tertiary alicyclic amines) is 1. The summed E-state index contributed by atoms with van der Waals surface area (Å²) in [4.78, 5) is 17.9. The molecule has 1 saturated heterocycles. The Labute approximate surface area is 151 Å². The molecule has 1 aliphatic rings. The van der Waals surface area contributed by atoms with E-state index in [1.54, 1.807) is 0 Å². The molecule has 1 amide bonds. The summed E-state index contributed by atoms with van der Waals surface area (Å²) >= 11 is 1.90. The van der Waals surface area contributed by atoms with E-state index in [4.69, 9.17) is 5.73 Å². The Bertz CT molecular complexity index is 370. The van der Waals surface area contributed by atoms with Crippen LogP contribution in [-0.4, -0.2) is 68.5 Å². The zero-order chi connectivity index (χ0) is 17.6. The molecular weight excluding hydrogens is 322 g/mol. The van der Waals surface area contributed by atoms with Gasteiger partial charge in [0, 0.05) is 26.1 Å². The molecule has 0 radical (unpaired) electrons. The van der Waals surface area contributed by atoms with Crippen LogP contribution in [0.2, 0.25) is 0 Å². The predicted octanol–water partition coefficient (Wildman–Crippen LogP) is 1.27. The van der Waals surface area contributed by atoms with E-state index < -0.39 is 0 Å². The van der Waals surface area contributed by atoms with Crippen LogP contribution in [-0.2, 0) is 4.79 Å². The number of thioether (sulfide) groups is 1. The maximum Gasteiger partial charge on any atom is 0.220 e. The van der Waals surface area contributed by atoms with E-state index in [1.165, 1.54) is 25.0 Å². The molecule has 0 aromatic heterocycles. The third-order valence-electron chi connectivity index (χ3n) is 4.47. The summed E-state index contributed by atoms with van der Waals surface area (Å²) in [6.45, 7) is 5.03. The van der Waals surface area contributed by atoms with Crippen LogP contribution < -0.4 is 16.4 Å². The summed E-state index contributed by atoms with van der Waals surface area (Å²) in [5, 5.41) is 6.73. The topological polar surface area (TPSA) is 82.8 Å². The lowest BCUT2D eigenvalue weighted by Gasteiger charge is -2.30. The molecule has 4 N–H and O–H groups in total. The first-order valence-corrected chi connectivity index (χ1v) is 10.5. The Hall–Kier alpha value is -0.950. The first-order chi connectivity index (χ1) is 11.7. The highest BCUT2D eigenvalue weighted by atomic mass is 32.2. The van der Waals surface area contributed by atoms with Crippen LogP contribution in [0.25, 0.3) is 0 Å². The minimum atomic E-state index is -0.133. The van der Waals surface area contributed by atoms with E-state index in [1.807, 2.05) is 18.8 Å². The molecule has 1 fully saturated rings. The number of nitrogens with two attached hydrogens (primary N) is 1. The fourth-order valence-electron chi connectivity index (χ4n) is 2.91. The average molecular weight is 358 g/mol. The number of aliphatic imine (C=N–C) groups is 1. The summed E-state index contributed by atoms with van der Waals surface area (Å²) in [6.07, 6.45) is 8.71. The van der Waals surface area contributed by atoms with Gasteiger partial charge < -0.3 is 21.3 Å². The number of hydrogen-bond donors (Lipinski definition) is 3. The Morgan fingerprint density at radius 1 is 1.17 bits per heavy atom. The standard InChI is InChI=1S/C17H35N5OS/c1-19-17(21-10-4-6-14-24-2)20-9-3-5-11-22-12-7-15(8-13-22)16(18)23/h15H,3-14H2,1-2H3,(H2,18,23)(H2,19,20,21). The van der Waals surface area contributed by atoms with Gasteiger partial charge in [-0.15, -0.1) is 0 Å². The van der Waals surface area contributed by atoms with Crippen LogP contribution in [0.3, 0.4) is 0 Å². The molecule has 1 aliphatic heterocycles. The number of guanidine groups is 1. The van der Waals surface area contributed by atoms with Crippen molar-refractivity contribution < 1.29 is 4.79 Å². The molecule has 0 unspecified atom stereocenters. The summed E-state index contributed by atoms with van der Waals surface area (Å²) < 4.78 is 0. The summed E-state index contributed by atoms with van der Waals surface area (Å²) in [5.41, 5.74) is 5.37. The van der Waals surface area contributed by atoms with Gasteiger partial charge in [-0.05, 0) is 70.2 Å². The molecule has 1 heterocycles. The molecular formula is C17H35N5OS. The molecule has 0 spiro atoms. The second-order valence-corrected chi connectivity index (χ2v) is 7.34. The number of primary amides is 1. The van der Waals surface area contributed by atoms with Gasteiger partial charge in [0.25, 0.3) is 0 Å². The first-order valence-electron chi connectivity index (χ1n) is 9.12. The van der Waals surface area contributed by atoms with Crippen molar-refractivity contribution in [1.29, 1.82) is 0 Å². The van der Waals surface area contributed by atoms with E-state index in [9.17, 15) is 4.79 Å². The van der Waals surface area contributed by atoms with Gasteiger partial charge in [-0.3, -0.25) is 9.79 Å². The van der Waals surface area contributed by atoms with E-state index >= 15 is 0 Å². The van der Waals surface area contributed by atoms with Crippen molar-refractivity contribution in [3.05, 3.63) is 0 Å². The second-order valence-electron chi connectivity index (χ2n) is 6.35. The lowest BCUT2D eigenvalue weighted by atomic mass is 9.96. The fraction of sp³-hybridized carbons (Fsp3) is 0.882. The third kappa shape index (κ3) is 9.37. The molecule has 0 bridgehead atoms. The van der Waals surface area contributed by atoms with E-state index in [0.29, 0.717) is 0 Å². The number of piperidine rings is 1. The van der Waals surface area contributed by atoms with Gasteiger partial charge in [0.1, 0.15) is 0 Å². The maximum atomic E-state index is 11.2. The normalized spacial score (nSPS) is 17.0. The monoisotopic (exact) mass is 357 g/mol. The number of carbonyl (C=O) groups is 1. The predicted molar refractivity (Wildman–Crippen MR) is 105 cm³/mol. The van der Waals surface area contributed by atoms with Gasteiger partial charge in [-0.1, -0.05) is 0 Å². The van der Waals surface area contributed by atoms with Crippen LogP contribution in [0, 0.1) is 5.92 Å². The highest BCUT2D eigenvalue weighted by molar-refractivity contribution is 7.98. The number of hydrogen-bond acceptors (Lipinski definition) is 4. The molecule has 24 heavy (non-hydrogen) atoms. The number of rotatable bonds is 11. The Morgan fingerprint density at radius 2 is 1.79 bits per heavy atom. The molecule has 6 nitrogen and oxygen atoms in total. The summed E-state index contributed by atoms with van der Waals surface area (Å²) in [6, 6.07) is 0. The van der Waals surface area contributed by atoms with E-state index in [0.717, 1.165) is 57.9 Å². The number of unbranched alkanes of at least 4 members (excludes halogenated alkanes) is 2. The number of nitrogens with one attached hydrogen (secondary N) is 2. The van der Waals surface area contributed by atoms with Gasteiger partial charge in [-0.25, -0.2) is 0 Å². The van der Waals surface area contributed by atoms with Crippen molar-refractivity contribution in [1.82, 2.24) is 15.5 Å². The van der Waals surface area contributed by atoms with Crippen molar-refractivity contribution in [3.63, 3.8) is 0 Å². The van der Waals surface area contributed by atoms with Crippen molar-refractivity contribution >= 4 is 23.6 Å². The SMILES string of the molecule is CN=C(NCCCCSC)NCCCCN1CCC(C(N)=O)CC1. The molecule has 140 valence electrons. The van der Waals surface area contributed by atoms with Gasteiger partial charge in [0.05, 0.1) is 0 Å². The quantitative estimate of drug-likeness (QED) is 0.295. The van der Waals surface area contributed by atoms with Crippen LogP contribution in [0.15, 0.2) is 4.99 Å². The average Bonchev–Trinajstić information content (AvgIpc) is 2.59. The first kappa shape index (κ1) is 21.1. The Morgan fingerprint density at radius 3 is 2.33 bits per heavy atom. The van der Waals surface area contributed by atoms with E-state index in [-0.39, 0.29) is 11.8 Å². The Kier molecular flexibility index (Phi) is 11.7. The lowest BCUT2D eigenvalue weighted by Crippen LogP contribution is -2.40. The molecule has 0 saturated carbocycles. The number of nitrogens with zero attached hydrogens (tertiary/aromatic N) is 2. The van der Waals surface area contributed by atoms with Crippen molar-refractivity contribution in [2.45, 2.75) is 38.5 Å². The minimum absolute atomic E-state index is 0.0910. The zero-order valence-corrected chi connectivity index (χ0v) is 16.2. The maximum absolute atomic E-state index is 11.2. The molecule has 7 heteroatoms. The van der Waals surface area contributed by atoms with Gasteiger partial charge in [0.15, 0.2) is 5.96 Å². The smallest absolute Gasteiger partial charge is 0.220 e. The molecule has 0 atom stereocenters. The largest absolute Gasteiger partial charge is 0.369 e. The minimum Gasteiger partial charge on any atom is -0.369 e.